The van der Waals surface area contributed by atoms with E-state index in [9.17, 15) is 5.11 Å². The SMILES string of the molecule is Cc1csc([C@@H]2CN(C[C@@H](O)c3ccccc3)CCO2)n1. The maximum Gasteiger partial charge on any atom is 0.123 e. The maximum absolute atomic E-state index is 10.3. The van der Waals surface area contributed by atoms with Gasteiger partial charge in [0.05, 0.1) is 12.7 Å². The molecule has 0 bridgehead atoms. The Morgan fingerprint density at radius 3 is 2.95 bits per heavy atom. The average molecular weight is 304 g/mol. The first-order valence-corrected chi connectivity index (χ1v) is 8.09. The van der Waals surface area contributed by atoms with Crippen molar-refractivity contribution in [2.75, 3.05) is 26.2 Å². The molecule has 1 aliphatic rings. The molecule has 3 rings (SSSR count). The van der Waals surface area contributed by atoms with Crippen LogP contribution in [0.2, 0.25) is 0 Å². The van der Waals surface area contributed by atoms with Gasteiger partial charge in [-0.25, -0.2) is 4.98 Å². The van der Waals surface area contributed by atoms with Gasteiger partial charge in [-0.05, 0) is 12.5 Å². The van der Waals surface area contributed by atoms with Crippen LogP contribution in [0.4, 0.5) is 0 Å². The highest BCUT2D eigenvalue weighted by atomic mass is 32.1. The zero-order chi connectivity index (χ0) is 14.7. The van der Waals surface area contributed by atoms with Crippen LogP contribution in [0.15, 0.2) is 35.7 Å². The Bertz CT molecular complexity index is 573. The van der Waals surface area contributed by atoms with Crippen molar-refractivity contribution in [2.24, 2.45) is 0 Å². The number of morpholine rings is 1. The smallest absolute Gasteiger partial charge is 0.123 e. The summed E-state index contributed by atoms with van der Waals surface area (Å²) in [4.78, 5) is 6.76. The highest BCUT2D eigenvalue weighted by Crippen LogP contribution is 2.26. The quantitative estimate of drug-likeness (QED) is 0.943. The Morgan fingerprint density at radius 1 is 1.43 bits per heavy atom. The van der Waals surface area contributed by atoms with Gasteiger partial charge in [0.15, 0.2) is 0 Å². The van der Waals surface area contributed by atoms with Crippen LogP contribution >= 0.6 is 11.3 Å². The number of hydrogen-bond donors (Lipinski definition) is 1. The van der Waals surface area contributed by atoms with E-state index in [0.29, 0.717) is 13.2 Å². The summed E-state index contributed by atoms with van der Waals surface area (Å²) in [6, 6.07) is 9.81. The molecule has 1 saturated heterocycles. The summed E-state index contributed by atoms with van der Waals surface area (Å²) in [6.07, 6.45) is -0.427. The molecule has 1 aromatic carbocycles. The Morgan fingerprint density at radius 2 is 2.24 bits per heavy atom. The lowest BCUT2D eigenvalue weighted by molar-refractivity contribution is -0.0425. The standard InChI is InChI=1S/C16H20N2O2S/c1-12-11-21-16(17-12)15-10-18(7-8-20-15)9-14(19)13-5-3-2-4-6-13/h2-6,11,14-15,19H,7-10H2,1H3/t14-,15+/m1/s1. The summed E-state index contributed by atoms with van der Waals surface area (Å²) in [5.74, 6) is 0. The van der Waals surface area contributed by atoms with E-state index in [4.69, 9.17) is 4.74 Å². The zero-order valence-corrected chi connectivity index (χ0v) is 12.9. The number of thiazole rings is 1. The molecular weight excluding hydrogens is 284 g/mol. The van der Waals surface area contributed by atoms with Gasteiger partial charge in [-0.1, -0.05) is 30.3 Å². The number of aliphatic hydroxyl groups is 1. The monoisotopic (exact) mass is 304 g/mol. The molecule has 0 amide bonds. The fourth-order valence-corrected chi connectivity index (χ4v) is 3.40. The minimum atomic E-state index is -0.456. The topological polar surface area (TPSA) is 45.6 Å². The number of ether oxygens (including phenoxy) is 1. The lowest BCUT2D eigenvalue weighted by Crippen LogP contribution is -2.40. The summed E-state index contributed by atoms with van der Waals surface area (Å²) < 4.78 is 5.82. The van der Waals surface area contributed by atoms with Crippen LogP contribution in [0.5, 0.6) is 0 Å². The Kier molecular flexibility index (Phi) is 4.65. The number of β-amino-alcohol motifs (C(OH)–C–C–N with tert-alkyl or cyclic N) is 1. The molecule has 2 aromatic rings. The molecule has 0 spiro atoms. The molecule has 5 heteroatoms. The molecule has 1 aliphatic heterocycles. The Hall–Kier alpha value is -1.27. The van der Waals surface area contributed by atoms with Crippen LogP contribution < -0.4 is 0 Å². The fourth-order valence-electron chi connectivity index (χ4n) is 2.56. The second kappa shape index (κ2) is 6.66. The van der Waals surface area contributed by atoms with Gasteiger partial charge in [0.1, 0.15) is 11.1 Å². The van der Waals surface area contributed by atoms with E-state index in [0.717, 1.165) is 29.4 Å². The van der Waals surface area contributed by atoms with Crippen molar-refractivity contribution in [3.05, 3.63) is 52.0 Å². The highest BCUT2D eigenvalue weighted by molar-refractivity contribution is 7.09. The van der Waals surface area contributed by atoms with E-state index in [1.54, 1.807) is 11.3 Å². The third kappa shape index (κ3) is 3.68. The summed E-state index contributed by atoms with van der Waals surface area (Å²) in [6.45, 7) is 4.96. The van der Waals surface area contributed by atoms with Crippen LogP contribution in [0, 0.1) is 6.92 Å². The maximum atomic E-state index is 10.3. The molecule has 2 atom stereocenters. The molecule has 0 saturated carbocycles. The van der Waals surface area contributed by atoms with Gasteiger partial charge in [-0.15, -0.1) is 11.3 Å². The minimum absolute atomic E-state index is 0.0282. The van der Waals surface area contributed by atoms with Crippen molar-refractivity contribution < 1.29 is 9.84 Å². The Labute approximate surface area is 129 Å². The van der Waals surface area contributed by atoms with Crippen molar-refractivity contribution in [1.82, 2.24) is 9.88 Å². The third-order valence-corrected chi connectivity index (χ3v) is 4.73. The molecule has 1 N–H and O–H groups in total. The number of hydrogen-bond acceptors (Lipinski definition) is 5. The number of rotatable bonds is 4. The number of aryl methyl sites for hydroxylation is 1. The second-order valence-electron chi connectivity index (χ2n) is 5.37. The van der Waals surface area contributed by atoms with Crippen LogP contribution in [0.25, 0.3) is 0 Å². The summed E-state index contributed by atoms with van der Waals surface area (Å²) in [5.41, 5.74) is 2.01. The number of benzene rings is 1. The molecule has 0 aliphatic carbocycles. The van der Waals surface area contributed by atoms with E-state index in [1.165, 1.54) is 0 Å². The third-order valence-electron chi connectivity index (χ3n) is 3.68. The lowest BCUT2D eigenvalue weighted by atomic mass is 10.1. The van der Waals surface area contributed by atoms with E-state index in [2.05, 4.69) is 15.3 Å². The van der Waals surface area contributed by atoms with E-state index in [-0.39, 0.29) is 6.10 Å². The zero-order valence-electron chi connectivity index (χ0n) is 12.1. The lowest BCUT2D eigenvalue weighted by Gasteiger charge is -2.33. The van der Waals surface area contributed by atoms with Gasteiger partial charge < -0.3 is 9.84 Å². The predicted molar refractivity (Wildman–Crippen MR) is 83.4 cm³/mol. The number of aliphatic hydroxyl groups excluding tert-OH is 1. The number of aromatic nitrogens is 1. The number of nitrogens with zero attached hydrogens (tertiary/aromatic N) is 2. The second-order valence-corrected chi connectivity index (χ2v) is 6.26. The van der Waals surface area contributed by atoms with Gasteiger partial charge in [0, 0.05) is 30.7 Å². The molecule has 0 radical (unpaired) electrons. The predicted octanol–water partition coefficient (Wildman–Crippen LogP) is 2.56. The normalized spacial score (nSPS) is 21.3. The average Bonchev–Trinajstić information content (AvgIpc) is 2.95. The largest absolute Gasteiger partial charge is 0.387 e. The van der Waals surface area contributed by atoms with Crippen molar-refractivity contribution >= 4 is 11.3 Å². The molecule has 4 nitrogen and oxygen atoms in total. The van der Waals surface area contributed by atoms with E-state index >= 15 is 0 Å². The molecule has 2 heterocycles. The van der Waals surface area contributed by atoms with Crippen LogP contribution in [0.3, 0.4) is 0 Å². The van der Waals surface area contributed by atoms with Gasteiger partial charge >= 0.3 is 0 Å². The van der Waals surface area contributed by atoms with Crippen molar-refractivity contribution in [2.45, 2.75) is 19.1 Å². The van der Waals surface area contributed by atoms with Crippen LogP contribution in [0.1, 0.15) is 28.5 Å². The van der Waals surface area contributed by atoms with Crippen molar-refractivity contribution in [3.8, 4) is 0 Å². The molecular formula is C16H20N2O2S. The highest BCUT2D eigenvalue weighted by Gasteiger charge is 2.25. The van der Waals surface area contributed by atoms with Gasteiger partial charge in [0.2, 0.25) is 0 Å². The van der Waals surface area contributed by atoms with Gasteiger partial charge in [-0.2, -0.15) is 0 Å². The first kappa shape index (κ1) is 14.7. The van der Waals surface area contributed by atoms with Crippen LogP contribution in [-0.2, 0) is 4.74 Å². The summed E-state index contributed by atoms with van der Waals surface area (Å²) >= 11 is 1.65. The molecule has 1 fully saturated rings. The minimum Gasteiger partial charge on any atom is -0.387 e. The molecule has 0 unspecified atom stereocenters. The summed E-state index contributed by atoms with van der Waals surface area (Å²) in [5, 5.41) is 13.4. The first-order chi connectivity index (χ1) is 10.2. The van der Waals surface area contributed by atoms with Gasteiger partial charge in [-0.3, -0.25) is 4.90 Å². The van der Waals surface area contributed by atoms with E-state index in [1.807, 2.05) is 37.3 Å². The van der Waals surface area contributed by atoms with Crippen molar-refractivity contribution in [1.29, 1.82) is 0 Å². The molecule has 1 aromatic heterocycles. The van der Waals surface area contributed by atoms with Crippen LogP contribution in [-0.4, -0.2) is 41.2 Å². The van der Waals surface area contributed by atoms with E-state index < -0.39 is 6.10 Å². The summed E-state index contributed by atoms with van der Waals surface area (Å²) in [7, 11) is 0. The van der Waals surface area contributed by atoms with Crippen molar-refractivity contribution in [3.63, 3.8) is 0 Å². The fraction of sp³-hybridized carbons (Fsp3) is 0.438. The first-order valence-electron chi connectivity index (χ1n) is 7.21. The Balaban J connectivity index is 1.61. The molecule has 21 heavy (non-hydrogen) atoms. The van der Waals surface area contributed by atoms with Gasteiger partial charge in [0.25, 0.3) is 0 Å². The molecule has 112 valence electrons.